The summed E-state index contributed by atoms with van der Waals surface area (Å²) in [5.74, 6) is 0. The molecule has 0 aromatic rings. The Bertz CT molecular complexity index is 19.7. The number of hydrogen-bond acceptors (Lipinski definition) is 3. The molecule has 0 aliphatic heterocycles. The van der Waals surface area contributed by atoms with Crippen LogP contribution in [0.3, 0.4) is 0 Å². The molecule has 6 heavy (non-hydrogen) atoms. The topological polar surface area (TPSA) is 60.7 Å². The molecule has 0 spiro atoms. The van der Waals surface area contributed by atoms with Crippen LogP contribution in [0.15, 0.2) is 0 Å². The number of hydrogen-bond donors (Lipinski definition) is 3. The van der Waals surface area contributed by atoms with Crippen LogP contribution in [0.25, 0.3) is 0 Å². The maximum atomic E-state index is 7.17. The third-order valence-corrected chi connectivity index (χ3v) is 0. The molecule has 34 valence electrons. The molecular weight excluding hydrogens is 84.7 g/mol. The molecule has 3 N–H and O–H groups in total. The van der Waals surface area contributed by atoms with Gasteiger partial charge in [-0.2, -0.15) is 0 Å². The molecular formula is H5BFLiO3. The van der Waals surface area contributed by atoms with Crippen molar-refractivity contribution in [1.29, 1.82) is 0 Å². The first-order valence-electron chi connectivity index (χ1n) is 0.775. The van der Waals surface area contributed by atoms with E-state index in [1.165, 1.54) is 0 Å². The third-order valence-electron chi connectivity index (χ3n) is 0. The molecule has 0 fully saturated rings. The average Bonchev–Trinajstić information content (AvgIpc) is 0.811. The van der Waals surface area contributed by atoms with E-state index in [4.69, 9.17) is 15.1 Å². The van der Waals surface area contributed by atoms with Crippen LogP contribution in [0, 0.1) is 0 Å². The van der Waals surface area contributed by atoms with Gasteiger partial charge in [-0.3, -0.25) is 4.70 Å². The zero-order chi connectivity index (χ0) is 3.58. The van der Waals surface area contributed by atoms with Gasteiger partial charge in [0.25, 0.3) is 0 Å². The van der Waals surface area contributed by atoms with Gasteiger partial charge >= 0.3 is 26.2 Å². The minimum absolute atomic E-state index is 0. The van der Waals surface area contributed by atoms with Crippen LogP contribution < -0.4 is 18.9 Å². The summed E-state index contributed by atoms with van der Waals surface area (Å²) in [5, 5.41) is 21.5. The summed E-state index contributed by atoms with van der Waals surface area (Å²) in [6, 6.07) is 0. The van der Waals surface area contributed by atoms with Crippen molar-refractivity contribution in [2.75, 3.05) is 0 Å². The van der Waals surface area contributed by atoms with Crippen molar-refractivity contribution in [1.82, 2.24) is 0 Å². The molecule has 3 nitrogen and oxygen atoms in total. The van der Waals surface area contributed by atoms with Gasteiger partial charge in [-0.25, -0.2) is 0 Å². The van der Waals surface area contributed by atoms with Crippen molar-refractivity contribution < 1.29 is 40.1 Å². The second-order valence-electron chi connectivity index (χ2n) is 0.346. The Morgan fingerprint density at radius 3 is 1.17 bits per heavy atom. The summed E-state index contributed by atoms with van der Waals surface area (Å²) < 4.78 is 0. The Morgan fingerprint density at radius 2 is 1.17 bits per heavy atom. The fraction of sp³-hybridized carbons (Fsp3) is 0. The monoisotopic (exact) mass is 90.0 g/mol. The summed E-state index contributed by atoms with van der Waals surface area (Å²) in [7, 11) is -2.17. The van der Waals surface area contributed by atoms with E-state index in [1.54, 1.807) is 0 Å². The van der Waals surface area contributed by atoms with Crippen LogP contribution in [0.5, 0.6) is 0 Å². The SMILES string of the molecule is F.OB(O)O.[H-].[Li+]. The fourth-order valence-electron chi connectivity index (χ4n) is 0. The molecule has 0 saturated heterocycles. The van der Waals surface area contributed by atoms with Crippen molar-refractivity contribution in [3.63, 3.8) is 0 Å². The molecule has 0 aromatic heterocycles. The van der Waals surface area contributed by atoms with Crippen LogP contribution >= 0.6 is 0 Å². The predicted octanol–water partition coefficient (Wildman–Crippen LogP) is -4.78. The van der Waals surface area contributed by atoms with E-state index in [0.717, 1.165) is 0 Å². The molecule has 6 heteroatoms. The van der Waals surface area contributed by atoms with Crippen LogP contribution in [0.1, 0.15) is 1.43 Å². The first-order chi connectivity index (χ1) is 1.73. The Morgan fingerprint density at radius 1 is 1.17 bits per heavy atom. The van der Waals surface area contributed by atoms with Gasteiger partial charge in [0, 0.05) is 0 Å². The summed E-state index contributed by atoms with van der Waals surface area (Å²) in [5.41, 5.74) is 0. The molecule has 0 radical (unpaired) electrons. The molecule has 0 atom stereocenters. The van der Waals surface area contributed by atoms with Crippen molar-refractivity contribution in [3.05, 3.63) is 0 Å². The van der Waals surface area contributed by atoms with Gasteiger partial charge in [-0.15, -0.1) is 0 Å². The average molecular weight is 89.8 g/mol. The van der Waals surface area contributed by atoms with Gasteiger partial charge in [0.1, 0.15) is 0 Å². The second-order valence-corrected chi connectivity index (χ2v) is 0.346. The molecule has 0 saturated carbocycles. The summed E-state index contributed by atoms with van der Waals surface area (Å²) >= 11 is 0. The van der Waals surface area contributed by atoms with Gasteiger partial charge in [0.15, 0.2) is 0 Å². The van der Waals surface area contributed by atoms with Gasteiger partial charge < -0.3 is 16.5 Å². The van der Waals surface area contributed by atoms with Crippen molar-refractivity contribution in [2.24, 2.45) is 0 Å². The van der Waals surface area contributed by atoms with E-state index in [0.29, 0.717) is 0 Å². The summed E-state index contributed by atoms with van der Waals surface area (Å²) in [6.07, 6.45) is 0. The molecule has 0 bridgehead atoms. The molecule has 0 heterocycles. The number of rotatable bonds is 0. The Kier molecular flexibility index (Phi) is 24.3. The molecule has 0 aliphatic rings. The van der Waals surface area contributed by atoms with E-state index in [1.807, 2.05) is 0 Å². The quantitative estimate of drug-likeness (QED) is 0.261. The Labute approximate surface area is 48.2 Å². The summed E-state index contributed by atoms with van der Waals surface area (Å²) in [6.45, 7) is 0. The normalized spacial score (nSPS) is 4.50. The van der Waals surface area contributed by atoms with Gasteiger partial charge in [0.2, 0.25) is 0 Å². The largest absolute Gasteiger partial charge is 1.00 e. The standard InChI is InChI=1S/BH3O3.FH.Li.H/c2-1(3)4;;;/h2-4H;1H;;/q;;+1;-1. The van der Waals surface area contributed by atoms with Gasteiger partial charge in [-0.05, 0) is 0 Å². The number of halogens is 1. The summed E-state index contributed by atoms with van der Waals surface area (Å²) in [4.78, 5) is 0. The smallest absolute Gasteiger partial charge is 1.00 e. The first-order valence-corrected chi connectivity index (χ1v) is 0.775. The van der Waals surface area contributed by atoms with Crippen LogP contribution in [0.2, 0.25) is 0 Å². The minimum Gasteiger partial charge on any atom is -1.00 e. The zero-order valence-corrected chi connectivity index (χ0v) is 3.33. The molecule has 0 aliphatic carbocycles. The fourth-order valence-corrected chi connectivity index (χ4v) is 0. The van der Waals surface area contributed by atoms with E-state index in [9.17, 15) is 0 Å². The van der Waals surface area contributed by atoms with E-state index in [-0.39, 0.29) is 25.0 Å². The van der Waals surface area contributed by atoms with Gasteiger partial charge in [-0.1, -0.05) is 0 Å². The molecule has 0 rings (SSSR count). The van der Waals surface area contributed by atoms with Gasteiger partial charge in [0.05, 0.1) is 0 Å². The molecule has 0 aromatic carbocycles. The van der Waals surface area contributed by atoms with Crippen LogP contribution in [0.4, 0.5) is 4.70 Å². The third kappa shape index (κ3) is 242. The Hall–Kier alpha value is 0.472. The zero-order valence-electron chi connectivity index (χ0n) is 4.33. The van der Waals surface area contributed by atoms with Crippen LogP contribution in [-0.4, -0.2) is 22.4 Å². The molecule has 0 amide bonds. The predicted molar refractivity (Wildman–Crippen MR) is 16.0 cm³/mol. The first kappa shape index (κ1) is 16.1. The minimum atomic E-state index is -2.17. The maximum Gasteiger partial charge on any atom is 1.00 e. The molecule has 0 unspecified atom stereocenters. The Balaban J connectivity index is -0.0000000150. The maximum absolute atomic E-state index is 7.17. The van der Waals surface area contributed by atoms with E-state index in [2.05, 4.69) is 0 Å². The van der Waals surface area contributed by atoms with Crippen molar-refractivity contribution >= 4 is 7.32 Å². The van der Waals surface area contributed by atoms with Crippen molar-refractivity contribution in [2.45, 2.75) is 0 Å². The van der Waals surface area contributed by atoms with E-state index >= 15 is 0 Å². The second kappa shape index (κ2) is 9.08. The van der Waals surface area contributed by atoms with E-state index < -0.39 is 7.32 Å². The van der Waals surface area contributed by atoms with Crippen molar-refractivity contribution in [3.8, 4) is 0 Å². The van der Waals surface area contributed by atoms with Crippen LogP contribution in [-0.2, 0) is 0 Å².